The Hall–Kier alpha value is -2.25. The fourth-order valence-corrected chi connectivity index (χ4v) is 1.92. The number of ketones is 1. The molecule has 0 aliphatic rings. The molecular weight excluding hydrogens is 302 g/mol. The number of amides is 1. The highest BCUT2D eigenvalue weighted by atomic mass is 16.5. The lowest BCUT2D eigenvalue weighted by atomic mass is 10.0. The van der Waals surface area contributed by atoms with Gasteiger partial charge in [-0.2, -0.15) is 0 Å². The normalized spacial score (nSPS) is 13.0. The topological polar surface area (TPSA) is 113 Å². The van der Waals surface area contributed by atoms with Gasteiger partial charge in [-0.05, 0) is 31.5 Å². The Bertz CT molecular complexity index is 554. The molecule has 0 spiro atoms. The summed E-state index contributed by atoms with van der Waals surface area (Å²) >= 11 is 0. The van der Waals surface area contributed by atoms with Gasteiger partial charge < -0.3 is 20.3 Å². The van der Waals surface area contributed by atoms with E-state index in [0.717, 1.165) is 0 Å². The summed E-state index contributed by atoms with van der Waals surface area (Å²) in [4.78, 5) is 33.6. The molecule has 0 bridgehead atoms. The number of carbonyl (C=O) groups excluding carboxylic acids is 3. The van der Waals surface area contributed by atoms with Crippen LogP contribution in [0, 0.1) is 0 Å². The second-order valence-electron chi connectivity index (χ2n) is 5.07. The monoisotopic (exact) mass is 323 g/mol. The van der Waals surface area contributed by atoms with Crippen LogP contribution >= 0.6 is 0 Å². The predicted molar refractivity (Wildman–Crippen MR) is 82.6 cm³/mol. The summed E-state index contributed by atoms with van der Waals surface area (Å²) in [5.41, 5.74) is 0.860. The van der Waals surface area contributed by atoms with Gasteiger partial charge >= 0.3 is 5.97 Å². The number of benzene rings is 1. The maximum atomic E-state index is 11.5. The Morgan fingerprint density at radius 3 is 2.30 bits per heavy atom. The van der Waals surface area contributed by atoms with Crippen LogP contribution in [0.4, 0.5) is 5.69 Å². The SMILES string of the molecule is CCOC(=O)CC(O)C(O)c1ccc(NC(=O)CC(C)=O)cc1. The first-order valence-corrected chi connectivity index (χ1v) is 7.24. The third kappa shape index (κ3) is 6.58. The Kier molecular flexibility index (Phi) is 7.37. The van der Waals surface area contributed by atoms with Crippen LogP contribution in [0.15, 0.2) is 24.3 Å². The number of Topliss-reactive ketones (excluding diaryl/α,β-unsaturated/α-hetero) is 1. The van der Waals surface area contributed by atoms with Gasteiger partial charge in [0.05, 0.1) is 25.6 Å². The molecule has 7 heteroatoms. The quantitative estimate of drug-likeness (QED) is 0.485. The molecule has 0 fully saturated rings. The molecule has 0 aliphatic carbocycles. The molecule has 0 aliphatic heterocycles. The second kappa shape index (κ2) is 9.02. The number of aliphatic hydroxyl groups is 2. The van der Waals surface area contributed by atoms with E-state index < -0.39 is 24.1 Å². The van der Waals surface area contributed by atoms with E-state index in [1.807, 2.05) is 0 Å². The van der Waals surface area contributed by atoms with Gasteiger partial charge in [0.15, 0.2) is 0 Å². The van der Waals surface area contributed by atoms with Crippen molar-refractivity contribution in [2.75, 3.05) is 11.9 Å². The van der Waals surface area contributed by atoms with Crippen LogP contribution < -0.4 is 5.32 Å². The van der Waals surface area contributed by atoms with Crippen molar-refractivity contribution in [1.29, 1.82) is 0 Å². The predicted octanol–water partition coefficient (Wildman–Crippen LogP) is 0.952. The molecular formula is C16H21NO6. The van der Waals surface area contributed by atoms with Crippen molar-refractivity contribution < 1.29 is 29.3 Å². The summed E-state index contributed by atoms with van der Waals surface area (Å²) < 4.78 is 4.71. The highest BCUT2D eigenvalue weighted by Gasteiger charge is 2.22. The van der Waals surface area contributed by atoms with Crippen LogP contribution in [-0.2, 0) is 19.1 Å². The molecule has 1 rings (SSSR count). The van der Waals surface area contributed by atoms with Crippen LogP contribution in [0.3, 0.4) is 0 Å². The molecule has 2 unspecified atom stereocenters. The van der Waals surface area contributed by atoms with Crippen molar-refractivity contribution in [1.82, 2.24) is 0 Å². The summed E-state index contributed by atoms with van der Waals surface area (Å²) in [5.74, 6) is -1.25. The van der Waals surface area contributed by atoms with Crippen molar-refractivity contribution in [2.45, 2.75) is 38.9 Å². The van der Waals surface area contributed by atoms with Gasteiger partial charge in [-0.3, -0.25) is 14.4 Å². The smallest absolute Gasteiger partial charge is 0.308 e. The largest absolute Gasteiger partial charge is 0.466 e. The van der Waals surface area contributed by atoms with E-state index in [2.05, 4.69) is 5.32 Å². The maximum Gasteiger partial charge on any atom is 0.308 e. The van der Waals surface area contributed by atoms with Crippen molar-refractivity contribution in [2.24, 2.45) is 0 Å². The van der Waals surface area contributed by atoms with Gasteiger partial charge in [-0.1, -0.05) is 12.1 Å². The molecule has 3 N–H and O–H groups in total. The van der Waals surface area contributed by atoms with Gasteiger partial charge in [0.2, 0.25) is 5.91 Å². The average Bonchev–Trinajstić information content (AvgIpc) is 2.46. The van der Waals surface area contributed by atoms with Crippen molar-refractivity contribution in [3.8, 4) is 0 Å². The highest BCUT2D eigenvalue weighted by Crippen LogP contribution is 2.21. The molecule has 2 atom stereocenters. The number of rotatable bonds is 8. The minimum absolute atomic E-state index is 0.205. The third-order valence-electron chi connectivity index (χ3n) is 2.99. The Labute approximate surface area is 134 Å². The van der Waals surface area contributed by atoms with Crippen LogP contribution in [-0.4, -0.2) is 40.6 Å². The number of hydrogen-bond donors (Lipinski definition) is 3. The zero-order valence-corrected chi connectivity index (χ0v) is 13.1. The van der Waals surface area contributed by atoms with Gasteiger partial charge in [-0.25, -0.2) is 0 Å². The van der Waals surface area contributed by atoms with E-state index in [1.54, 1.807) is 6.92 Å². The van der Waals surface area contributed by atoms with E-state index in [0.29, 0.717) is 11.3 Å². The number of nitrogens with one attached hydrogen (secondary N) is 1. The summed E-state index contributed by atoms with van der Waals surface area (Å²) in [7, 11) is 0. The molecule has 7 nitrogen and oxygen atoms in total. The number of aliphatic hydroxyl groups excluding tert-OH is 2. The molecule has 1 amide bonds. The molecule has 0 radical (unpaired) electrons. The summed E-state index contributed by atoms with van der Waals surface area (Å²) in [6.45, 7) is 3.18. The summed E-state index contributed by atoms with van der Waals surface area (Å²) in [5, 5.41) is 22.4. The molecule has 23 heavy (non-hydrogen) atoms. The number of carbonyl (C=O) groups is 3. The van der Waals surface area contributed by atoms with Gasteiger partial charge in [0, 0.05) is 5.69 Å². The molecule has 126 valence electrons. The van der Waals surface area contributed by atoms with E-state index in [1.165, 1.54) is 31.2 Å². The number of anilines is 1. The highest BCUT2D eigenvalue weighted by molar-refractivity contribution is 6.03. The fraction of sp³-hybridized carbons (Fsp3) is 0.438. The lowest BCUT2D eigenvalue weighted by Crippen LogP contribution is -2.23. The van der Waals surface area contributed by atoms with E-state index >= 15 is 0 Å². The summed E-state index contributed by atoms with van der Waals surface area (Å²) in [6, 6.07) is 6.10. The molecule has 1 aromatic rings. The first-order valence-electron chi connectivity index (χ1n) is 7.24. The van der Waals surface area contributed by atoms with E-state index in [4.69, 9.17) is 4.74 Å². The molecule has 0 saturated heterocycles. The fourth-order valence-electron chi connectivity index (χ4n) is 1.92. The zero-order valence-electron chi connectivity index (χ0n) is 13.1. The number of ether oxygens (including phenoxy) is 1. The Morgan fingerprint density at radius 1 is 1.17 bits per heavy atom. The first-order chi connectivity index (χ1) is 10.8. The Balaban J connectivity index is 2.62. The van der Waals surface area contributed by atoms with Crippen molar-refractivity contribution >= 4 is 23.3 Å². The van der Waals surface area contributed by atoms with E-state index in [9.17, 15) is 24.6 Å². The molecule has 0 saturated carbocycles. The molecule has 0 heterocycles. The minimum atomic E-state index is -1.28. The van der Waals surface area contributed by atoms with Gasteiger partial charge in [0.1, 0.15) is 11.9 Å². The lowest BCUT2D eigenvalue weighted by Gasteiger charge is -2.17. The molecule has 1 aromatic carbocycles. The molecule has 0 aromatic heterocycles. The number of esters is 1. The van der Waals surface area contributed by atoms with Gasteiger partial charge in [0.25, 0.3) is 0 Å². The standard InChI is InChI=1S/C16H21NO6/c1-3-23-15(21)9-13(19)16(22)11-4-6-12(7-5-11)17-14(20)8-10(2)18/h4-7,13,16,19,22H,3,8-9H2,1-2H3,(H,17,20). The Morgan fingerprint density at radius 2 is 1.78 bits per heavy atom. The van der Waals surface area contributed by atoms with Crippen LogP contribution in [0.25, 0.3) is 0 Å². The van der Waals surface area contributed by atoms with E-state index in [-0.39, 0.29) is 25.2 Å². The minimum Gasteiger partial charge on any atom is -0.466 e. The van der Waals surface area contributed by atoms with Crippen LogP contribution in [0.1, 0.15) is 38.4 Å². The third-order valence-corrected chi connectivity index (χ3v) is 2.99. The van der Waals surface area contributed by atoms with Crippen LogP contribution in [0.5, 0.6) is 0 Å². The van der Waals surface area contributed by atoms with Crippen molar-refractivity contribution in [3.63, 3.8) is 0 Å². The maximum absolute atomic E-state index is 11.5. The van der Waals surface area contributed by atoms with Crippen molar-refractivity contribution in [3.05, 3.63) is 29.8 Å². The second-order valence-corrected chi connectivity index (χ2v) is 5.07. The van der Waals surface area contributed by atoms with Gasteiger partial charge in [-0.15, -0.1) is 0 Å². The number of hydrogen-bond acceptors (Lipinski definition) is 6. The lowest BCUT2D eigenvalue weighted by molar-refractivity contribution is -0.147. The first kappa shape index (κ1) is 18.8. The average molecular weight is 323 g/mol. The zero-order chi connectivity index (χ0) is 17.4. The van der Waals surface area contributed by atoms with Crippen LogP contribution in [0.2, 0.25) is 0 Å². The summed E-state index contributed by atoms with van der Waals surface area (Å²) in [6.07, 6.45) is -3.05.